The van der Waals surface area contributed by atoms with Gasteiger partial charge in [-0.15, -0.1) is 11.3 Å². The Balaban J connectivity index is 1.74. The van der Waals surface area contributed by atoms with Gasteiger partial charge in [-0.1, -0.05) is 0 Å². The van der Waals surface area contributed by atoms with E-state index in [0.717, 1.165) is 0 Å². The van der Waals surface area contributed by atoms with Gasteiger partial charge in [0.25, 0.3) is 15.9 Å². The smallest absolute Gasteiger partial charge is 0.263 e. The van der Waals surface area contributed by atoms with E-state index < -0.39 is 10.0 Å². The molecule has 0 spiro atoms. The lowest BCUT2D eigenvalue weighted by molar-refractivity contribution is 0.102. The first-order valence-corrected chi connectivity index (χ1v) is 10.3. The van der Waals surface area contributed by atoms with Crippen LogP contribution >= 0.6 is 11.3 Å². The zero-order valence-electron chi connectivity index (χ0n) is 15.0. The predicted octanol–water partition coefficient (Wildman–Crippen LogP) is 3.21. The summed E-state index contributed by atoms with van der Waals surface area (Å²) in [5, 5.41) is 4.66. The molecule has 0 atom stereocenters. The van der Waals surface area contributed by atoms with Crippen LogP contribution in [0.25, 0.3) is 0 Å². The van der Waals surface area contributed by atoms with Crippen LogP contribution in [0, 0.1) is 0 Å². The Morgan fingerprint density at radius 3 is 2.21 bits per heavy atom. The van der Waals surface area contributed by atoms with E-state index in [1.54, 1.807) is 23.6 Å². The van der Waals surface area contributed by atoms with E-state index in [9.17, 15) is 13.2 Å². The number of carbonyl (C=O) groups is 1. The van der Waals surface area contributed by atoms with Crippen LogP contribution in [0.5, 0.6) is 11.5 Å². The minimum Gasteiger partial charge on any atom is -0.497 e. The largest absolute Gasteiger partial charge is 0.497 e. The third kappa shape index (κ3) is 4.59. The summed E-state index contributed by atoms with van der Waals surface area (Å²) in [5.74, 6) is 0.590. The van der Waals surface area contributed by atoms with Gasteiger partial charge in [0.05, 0.1) is 19.1 Å². The van der Waals surface area contributed by atoms with E-state index in [1.807, 2.05) is 0 Å². The van der Waals surface area contributed by atoms with Crippen LogP contribution in [0.15, 0.2) is 58.9 Å². The lowest BCUT2D eigenvalue weighted by Crippen LogP contribution is -2.14. The second kappa shape index (κ2) is 8.28. The summed E-state index contributed by atoms with van der Waals surface area (Å²) in [4.78, 5) is 16.4. The van der Waals surface area contributed by atoms with Gasteiger partial charge in [-0.3, -0.25) is 9.52 Å². The van der Waals surface area contributed by atoms with Gasteiger partial charge in [-0.25, -0.2) is 13.4 Å². The third-order valence-corrected chi connectivity index (χ3v) is 5.86. The number of benzene rings is 2. The number of ether oxygens (including phenoxy) is 2. The van der Waals surface area contributed by atoms with Gasteiger partial charge in [-0.2, -0.15) is 0 Å². The number of hydrogen-bond donors (Lipinski definition) is 2. The highest BCUT2D eigenvalue weighted by molar-refractivity contribution is 7.93. The molecule has 1 heterocycles. The first-order valence-electron chi connectivity index (χ1n) is 7.98. The molecule has 0 saturated carbocycles. The van der Waals surface area contributed by atoms with Gasteiger partial charge >= 0.3 is 0 Å². The van der Waals surface area contributed by atoms with Gasteiger partial charge in [0, 0.05) is 28.9 Å². The Hall–Kier alpha value is -3.11. The summed E-state index contributed by atoms with van der Waals surface area (Å²) < 4.78 is 37.4. The van der Waals surface area contributed by atoms with Crippen molar-refractivity contribution in [3.63, 3.8) is 0 Å². The molecule has 10 heteroatoms. The summed E-state index contributed by atoms with van der Waals surface area (Å²) in [6.45, 7) is 0. The van der Waals surface area contributed by atoms with Crippen molar-refractivity contribution in [2.45, 2.75) is 4.90 Å². The van der Waals surface area contributed by atoms with Gasteiger partial charge in [0.15, 0.2) is 5.13 Å². The van der Waals surface area contributed by atoms with Crippen molar-refractivity contribution < 1.29 is 22.7 Å². The number of anilines is 2. The molecule has 0 saturated heterocycles. The highest BCUT2D eigenvalue weighted by Gasteiger charge is 2.16. The van der Waals surface area contributed by atoms with Crippen molar-refractivity contribution in [3.05, 3.63) is 59.6 Å². The Kier molecular flexibility index (Phi) is 5.81. The number of methoxy groups -OCH3 is 2. The van der Waals surface area contributed by atoms with Crippen molar-refractivity contribution in [3.8, 4) is 11.5 Å². The number of aromatic nitrogens is 1. The number of thiazole rings is 1. The number of nitrogens with zero attached hydrogens (tertiary/aromatic N) is 1. The Labute approximate surface area is 166 Å². The molecule has 0 aliphatic rings. The lowest BCUT2D eigenvalue weighted by atomic mass is 10.2. The Morgan fingerprint density at radius 2 is 1.68 bits per heavy atom. The number of rotatable bonds is 7. The fourth-order valence-corrected chi connectivity index (χ4v) is 4.10. The molecule has 1 amide bonds. The van der Waals surface area contributed by atoms with E-state index in [-0.39, 0.29) is 15.9 Å². The lowest BCUT2D eigenvalue weighted by Gasteiger charge is -2.10. The van der Waals surface area contributed by atoms with Crippen LogP contribution in [0.2, 0.25) is 0 Å². The average molecular weight is 419 g/mol. The SMILES string of the molecule is COc1cc(OC)cc(C(=O)Nc2ccc(S(=O)(=O)Nc3nccs3)cc2)c1. The Morgan fingerprint density at radius 1 is 1.04 bits per heavy atom. The van der Waals surface area contributed by atoms with Crippen LogP contribution in [-0.2, 0) is 10.0 Å². The molecule has 0 radical (unpaired) electrons. The molecule has 28 heavy (non-hydrogen) atoms. The fourth-order valence-electron chi connectivity index (χ4n) is 2.31. The molecule has 2 aromatic carbocycles. The van der Waals surface area contributed by atoms with Crippen LogP contribution in [-0.4, -0.2) is 33.5 Å². The highest BCUT2D eigenvalue weighted by atomic mass is 32.2. The van der Waals surface area contributed by atoms with E-state index >= 15 is 0 Å². The van der Waals surface area contributed by atoms with E-state index in [2.05, 4.69) is 15.0 Å². The average Bonchev–Trinajstić information content (AvgIpc) is 3.20. The zero-order chi connectivity index (χ0) is 20.1. The normalized spacial score (nSPS) is 10.9. The van der Waals surface area contributed by atoms with Gasteiger partial charge in [-0.05, 0) is 36.4 Å². The topological polar surface area (TPSA) is 107 Å². The summed E-state index contributed by atoms with van der Waals surface area (Å²) in [7, 11) is -0.756. The molecule has 3 aromatic rings. The third-order valence-electron chi connectivity index (χ3n) is 3.69. The summed E-state index contributed by atoms with van der Waals surface area (Å²) >= 11 is 1.18. The molecule has 0 fully saturated rings. The number of sulfonamides is 1. The highest BCUT2D eigenvalue weighted by Crippen LogP contribution is 2.24. The van der Waals surface area contributed by atoms with Crippen molar-refractivity contribution in [1.29, 1.82) is 0 Å². The van der Waals surface area contributed by atoms with Crippen LogP contribution < -0.4 is 19.5 Å². The summed E-state index contributed by atoms with van der Waals surface area (Å²) in [5.41, 5.74) is 0.790. The molecule has 0 unspecified atom stereocenters. The second-order valence-corrected chi connectivity index (χ2v) is 8.10. The quantitative estimate of drug-likeness (QED) is 0.609. The number of amides is 1. The van der Waals surface area contributed by atoms with E-state index in [4.69, 9.17) is 9.47 Å². The van der Waals surface area contributed by atoms with E-state index in [1.165, 1.54) is 56.0 Å². The standard InChI is InChI=1S/C18H17N3O5S2/c1-25-14-9-12(10-15(11-14)26-2)17(22)20-13-3-5-16(6-4-13)28(23,24)21-18-19-7-8-27-18/h3-11H,1-2H3,(H,19,21)(H,20,22). The molecule has 0 aliphatic carbocycles. The van der Waals surface area contributed by atoms with Crippen LogP contribution in [0.3, 0.4) is 0 Å². The van der Waals surface area contributed by atoms with Crippen molar-refractivity contribution in [2.24, 2.45) is 0 Å². The molecular weight excluding hydrogens is 402 g/mol. The van der Waals surface area contributed by atoms with Crippen LogP contribution in [0.1, 0.15) is 10.4 Å². The minimum absolute atomic E-state index is 0.0590. The molecule has 2 N–H and O–H groups in total. The predicted molar refractivity (Wildman–Crippen MR) is 107 cm³/mol. The fraction of sp³-hybridized carbons (Fsp3) is 0.111. The Bertz CT molecular complexity index is 1040. The maximum Gasteiger partial charge on any atom is 0.263 e. The number of carbonyl (C=O) groups excluding carboxylic acids is 1. The maximum atomic E-state index is 12.5. The molecular formula is C18H17N3O5S2. The zero-order valence-corrected chi connectivity index (χ0v) is 16.6. The first kappa shape index (κ1) is 19.6. The summed E-state index contributed by atoms with van der Waals surface area (Å²) in [6.07, 6.45) is 1.51. The molecule has 1 aromatic heterocycles. The molecule has 0 bridgehead atoms. The number of nitrogens with one attached hydrogen (secondary N) is 2. The minimum atomic E-state index is -3.75. The summed E-state index contributed by atoms with van der Waals surface area (Å²) in [6, 6.07) is 10.6. The van der Waals surface area contributed by atoms with Gasteiger partial charge < -0.3 is 14.8 Å². The van der Waals surface area contributed by atoms with Crippen molar-refractivity contribution in [1.82, 2.24) is 4.98 Å². The molecule has 146 valence electrons. The van der Waals surface area contributed by atoms with Crippen molar-refractivity contribution in [2.75, 3.05) is 24.3 Å². The molecule has 0 aliphatic heterocycles. The second-order valence-electron chi connectivity index (χ2n) is 5.52. The molecule has 8 nitrogen and oxygen atoms in total. The number of hydrogen-bond acceptors (Lipinski definition) is 7. The first-order chi connectivity index (χ1) is 13.4. The van der Waals surface area contributed by atoms with Crippen LogP contribution in [0.4, 0.5) is 10.8 Å². The van der Waals surface area contributed by atoms with E-state index in [0.29, 0.717) is 22.7 Å². The molecule has 3 rings (SSSR count). The van der Waals surface area contributed by atoms with Gasteiger partial charge in [0.2, 0.25) is 0 Å². The van der Waals surface area contributed by atoms with Crippen molar-refractivity contribution >= 4 is 38.1 Å². The maximum absolute atomic E-state index is 12.5. The van der Waals surface area contributed by atoms with Gasteiger partial charge in [0.1, 0.15) is 11.5 Å². The monoisotopic (exact) mass is 419 g/mol.